The molecule has 0 amide bonds. The molecule has 0 atom stereocenters. The van der Waals surface area contributed by atoms with E-state index in [1.54, 1.807) is 24.3 Å². The van der Waals surface area contributed by atoms with E-state index in [2.05, 4.69) is 4.98 Å². The Bertz CT molecular complexity index is 590. The van der Waals surface area contributed by atoms with Gasteiger partial charge < -0.3 is 0 Å². The van der Waals surface area contributed by atoms with Crippen molar-refractivity contribution in [3.05, 3.63) is 63.8 Å². The van der Waals surface area contributed by atoms with E-state index in [0.717, 1.165) is 0 Å². The number of carbonyl (C=O) groups is 1. The van der Waals surface area contributed by atoms with Gasteiger partial charge in [-0.1, -0.05) is 11.6 Å². The normalized spacial score (nSPS) is 10.2. The number of aromatic nitrogens is 2. The van der Waals surface area contributed by atoms with E-state index in [0.29, 0.717) is 10.6 Å². The topological polar surface area (TPSA) is 52.0 Å². The van der Waals surface area contributed by atoms with Crippen LogP contribution in [0.15, 0.2) is 47.7 Å². The smallest absolute Gasteiger partial charge is 0.253 e. The molecule has 0 aliphatic heterocycles. The van der Waals surface area contributed by atoms with Gasteiger partial charge in [0, 0.05) is 22.8 Å². The van der Waals surface area contributed by atoms with Crippen LogP contribution in [-0.2, 0) is 6.54 Å². The molecule has 0 radical (unpaired) electrons. The summed E-state index contributed by atoms with van der Waals surface area (Å²) in [7, 11) is 0. The summed E-state index contributed by atoms with van der Waals surface area (Å²) in [5, 5.41) is 0.570. The highest BCUT2D eigenvalue weighted by Crippen LogP contribution is 2.10. The molecule has 0 spiro atoms. The van der Waals surface area contributed by atoms with Crippen LogP contribution in [0.5, 0.6) is 0 Å². The largest absolute Gasteiger partial charge is 0.292 e. The van der Waals surface area contributed by atoms with Crippen LogP contribution in [0.25, 0.3) is 0 Å². The van der Waals surface area contributed by atoms with Crippen molar-refractivity contribution in [3.8, 4) is 0 Å². The van der Waals surface area contributed by atoms with Crippen LogP contribution >= 0.6 is 11.6 Å². The minimum Gasteiger partial charge on any atom is -0.292 e. The highest BCUT2D eigenvalue weighted by molar-refractivity contribution is 6.30. The Morgan fingerprint density at radius 1 is 1.24 bits per heavy atom. The van der Waals surface area contributed by atoms with Crippen molar-refractivity contribution in [3.63, 3.8) is 0 Å². The fourth-order valence-electron chi connectivity index (χ4n) is 1.38. The molecule has 1 heterocycles. The van der Waals surface area contributed by atoms with Crippen LogP contribution in [-0.4, -0.2) is 15.3 Å². The first kappa shape index (κ1) is 11.5. The third kappa shape index (κ3) is 2.79. The quantitative estimate of drug-likeness (QED) is 0.778. The van der Waals surface area contributed by atoms with Crippen LogP contribution in [0.2, 0.25) is 5.02 Å². The SMILES string of the molecule is O=C(Cn1cnccc1=O)c1ccc(Cl)cc1. The van der Waals surface area contributed by atoms with E-state index in [4.69, 9.17) is 11.6 Å². The van der Waals surface area contributed by atoms with Gasteiger partial charge in [-0.2, -0.15) is 0 Å². The first-order valence-corrected chi connectivity index (χ1v) is 5.34. The molecular formula is C12H9ClN2O2. The van der Waals surface area contributed by atoms with Gasteiger partial charge in [0.25, 0.3) is 5.56 Å². The molecule has 0 aliphatic rings. The van der Waals surface area contributed by atoms with Gasteiger partial charge in [-0.15, -0.1) is 0 Å². The maximum absolute atomic E-state index is 11.8. The van der Waals surface area contributed by atoms with E-state index < -0.39 is 0 Å². The lowest BCUT2D eigenvalue weighted by molar-refractivity contribution is 0.0970. The van der Waals surface area contributed by atoms with Gasteiger partial charge in [0.2, 0.25) is 0 Å². The Morgan fingerprint density at radius 3 is 2.59 bits per heavy atom. The van der Waals surface area contributed by atoms with Crippen LogP contribution in [0.1, 0.15) is 10.4 Å². The van der Waals surface area contributed by atoms with Crippen LogP contribution in [0.3, 0.4) is 0 Å². The second-order valence-corrected chi connectivity index (χ2v) is 3.91. The number of hydrogen-bond acceptors (Lipinski definition) is 3. The molecule has 0 saturated heterocycles. The van der Waals surface area contributed by atoms with Crippen molar-refractivity contribution in [2.24, 2.45) is 0 Å². The Labute approximate surface area is 102 Å². The highest BCUT2D eigenvalue weighted by Gasteiger charge is 2.07. The first-order valence-electron chi connectivity index (χ1n) is 4.96. The average Bonchev–Trinajstić information content (AvgIpc) is 2.33. The maximum Gasteiger partial charge on any atom is 0.253 e. The molecule has 0 fully saturated rings. The van der Waals surface area contributed by atoms with Gasteiger partial charge in [-0.25, -0.2) is 4.98 Å². The van der Waals surface area contributed by atoms with Crippen LogP contribution in [0, 0.1) is 0 Å². The van der Waals surface area contributed by atoms with Crippen molar-refractivity contribution in [2.45, 2.75) is 6.54 Å². The van der Waals surface area contributed by atoms with Gasteiger partial charge in [0.15, 0.2) is 5.78 Å². The molecule has 0 N–H and O–H groups in total. The number of nitrogens with zero attached hydrogens (tertiary/aromatic N) is 2. The monoisotopic (exact) mass is 248 g/mol. The maximum atomic E-state index is 11.8. The van der Waals surface area contributed by atoms with Crippen molar-refractivity contribution < 1.29 is 4.79 Å². The van der Waals surface area contributed by atoms with Gasteiger partial charge in [0.05, 0.1) is 12.9 Å². The van der Waals surface area contributed by atoms with E-state index in [9.17, 15) is 9.59 Å². The lowest BCUT2D eigenvalue weighted by Crippen LogP contribution is -2.23. The predicted molar refractivity (Wildman–Crippen MR) is 64.3 cm³/mol. The molecule has 4 nitrogen and oxygen atoms in total. The number of hydrogen-bond donors (Lipinski definition) is 0. The molecular weight excluding hydrogens is 240 g/mol. The molecule has 0 unspecified atom stereocenters. The van der Waals surface area contributed by atoms with Gasteiger partial charge in [0.1, 0.15) is 0 Å². The van der Waals surface area contributed by atoms with Crippen molar-refractivity contribution in [2.75, 3.05) is 0 Å². The number of rotatable bonds is 3. The molecule has 0 saturated carbocycles. The highest BCUT2D eigenvalue weighted by atomic mass is 35.5. The van der Waals surface area contributed by atoms with Crippen molar-refractivity contribution >= 4 is 17.4 Å². The van der Waals surface area contributed by atoms with E-state index in [1.165, 1.54) is 23.2 Å². The summed E-state index contributed by atoms with van der Waals surface area (Å²) in [6.45, 7) is -0.0195. The fourth-order valence-corrected chi connectivity index (χ4v) is 1.50. The fraction of sp³-hybridized carbons (Fsp3) is 0.0833. The molecule has 17 heavy (non-hydrogen) atoms. The Kier molecular flexibility index (Phi) is 3.35. The molecule has 2 rings (SSSR count). The lowest BCUT2D eigenvalue weighted by Gasteiger charge is -2.03. The van der Waals surface area contributed by atoms with E-state index in [1.807, 2.05) is 0 Å². The van der Waals surface area contributed by atoms with Crippen LogP contribution < -0.4 is 5.56 Å². The molecule has 1 aromatic carbocycles. The number of halogens is 1. The second-order valence-electron chi connectivity index (χ2n) is 3.48. The van der Waals surface area contributed by atoms with E-state index in [-0.39, 0.29) is 17.9 Å². The zero-order valence-electron chi connectivity index (χ0n) is 8.84. The zero-order valence-corrected chi connectivity index (χ0v) is 9.59. The summed E-state index contributed by atoms with van der Waals surface area (Å²) in [5.41, 5.74) is 0.271. The summed E-state index contributed by atoms with van der Waals surface area (Å²) in [5.74, 6) is -0.156. The molecule has 1 aromatic heterocycles. The Morgan fingerprint density at radius 2 is 1.94 bits per heavy atom. The number of ketones is 1. The predicted octanol–water partition coefficient (Wildman–Crippen LogP) is 1.78. The average molecular weight is 249 g/mol. The minimum atomic E-state index is -0.248. The summed E-state index contributed by atoms with van der Waals surface area (Å²) >= 11 is 5.73. The molecule has 0 bridgehead atoms. The summed E-state index contributed by atoms with van der Waals surface area (Å²) in [6, 6.07) is 7.86. The Balaban J connectivity index is 2.20. The van der Waals surface area contributed by atoms with Crippen molar-refractivity contribution in [1.82, 2.24) is 9.55 Å². The number of benzene rings is 1. The summed E-state index contributed by atoms with van der Waals surface area (Å²) < 4.78 is 1.26. The first-order chi connectivity index (χ1) is 8.16. The second kappa shape index (κ2) is 4.93. The molecule has 2 aromatic rings. The summed E-state index contributed by atoms with van der Waals surface area (Å²) in [4.78, 5) is 27.0. The lowest BCUT2D eigenvalue weighted by atomic mass is 10.1. The standard InChI is InChI=1S/C12H9ClN2O2/c13-10-3-1-9(2-4-10)11(16)7-15-8-14-6-5-12(15)17/h1-6,8H,7H2. The van der Waals surface area contributed by atoms with Crippen LogP contribution in [0.4, 0.5) is 0 Å². The zero-order chi connectivity index (χ0) is 12.3. The molecule has 86 valence electrons. The summed E-state index contributed by atoms with van der Waals surface area (Å²) in [6.07, 6.45) is 2.74. The third-order valence-electron chi connectivity index (χ3n) is 2.27. The van der Waals surface area contributed by atoms with Crippen molar-refractivity contribution in [1.29, 1.82) is 0 Å². The Hall–Kier alpha value is -1.94. The number of carbonyl (C=O) groups excluding carboxylic acids is 1. The van der Waals surface area contributed by atoms with Gasteiger partial charge >= 0.3 is 0 Å². The third-order valence-corrected chi connectivity index (χ3v) is 2.52. The minimum absolute atomic E-state index is 0.0195. The van der Waals surface area contributed by atoms with Gasteiger partial charge in [-0.3, -0.25) is 14.2 Å². The van der Waals surface area contributed by atoms with Gasteiger partial charge in [-0.05, 0) is 24.3 Å². The molecule has 5 heteroatoms. The number of Topliss-reactive ketones (excluding diaryl/α,β-unsaturated/α-hetero) is 1. The molecule has 0 aliphatic carbocycles. The van der Waals surface area contributed by atoms with E-state index >= 15 is 0 Å².